The summed E-state index contributed by atoms with van der Waals surface area (Å²) in [5.74, 6) is -4.40. The summed E-state index contributed by atoms with van der Waals surface area (Å²) in [6.07, 6.45) is -4.69. The summed E-state index contributed by atoms with van der Waals surface area (Å²) in [7, 11) is 0. The van der Waals surface area contributed by atoms with Gasteiger partial charge in [0.15, 0.2) is 0 Å². The number of ether oxygens (including phenoxy) is 3. The van der Waals surface area contributed by atoms with Gasteiger partial charge in [-0.05, 0) is 27.7 Å². The highest BCUT2D eigenvalue weighted by molar-refractivity contribution is 5.81. The van der Waals surface area contributed by atoms with Crippen LogP contribution in [0.2, 0.25) is 0 Å². The number of hydrogen-bond donors (Lipinski definition) is 6. The van der Waals surface area contributed by atoms with Crippen molar-refractivity contribution in [1.29, 1.82) is 0 Å². The van der Waals surface area contributed by atoms with Crippen molar-refractivity contribution >= 4 is 23.9 Å². The number of nitrogens with two attached hydrogens (primary N) is 4. The monoisotopic (exact) mass is 422 g/mol. The largest absolute Gasteiger partial charge is 0.480 e. The summed E-state index contributed by atoms with van der Waals surface area (Å²) in [6.45, 7) is 5.16. The fourth-order valence-electron chi connectivity index (χ4n) is 1.79. The number of aliphatic hydroxyl groups excluding tert-OH is 1. The number of hydrogen-bond acceptors (Lipinski definition) is 12. The topological polar surface area (TPSA) is 241 Å². The molecule has 0 radical (unpaired) electrons. The summed E-state index contributed by atoms with van der Waals surface area (Å²) in [4.78, 5) is 46.5. The predicted octanol–water partition coefficient (Wildman–Crippen LogP) is -3.44. The van der Waals surface area contributed by atoms with Crippen LogP contribution >= 0.6 is 0 Å². The number of aliphatic carboxylic acids is 1. The molecule has 0 fully saturated rings. The number of carboxylic acid groups (broad SMARTS) is 1. The first kappa shape index (κ1) is 26.7. The summed E-state index contributed by atoms with van der Waals surface area (Å²) >= 11 is 0. The van der Waals surface area contributed by atoms with Gasteiger partial charge in [-0.1, -0.05) is 0 Å². The fraction of sp³-hybridized carbons (Fsp3) is 0.750. The lowest BCUT2D eigenvalue weighted by Crippen LogP contribution is -2.52. The fourth-order valence-corrected chi connectivity index (χ4v) is 1.79. The Labute approximate surface area is 167 Å². The maximum absolute atomic E-state index is 12.1. The van der Waals surface area contributed by atoms with Crippen molar-refractivity contribution in [3.63, 3.8) is 0 Å². The Kier molecular flexibility index (Phi) is 10.7. The first-order chi connectivity index (χ1) is 13.2. The Morgan fingerprint density at radius 1 is 0.621 bits per heavy atom. The molecule has 0 aliphatic heterocycles. The number of carbonyl (C=O) groups excluding carboxylic acids is 3. The third-order valence-corrected chi connectivity index (χ3v) is 4.04. The Morgan fingerprint density at radius 3 is 1.17 bits per heavy atom. The van der Waals surface area contributed by atoms with Crippen LogP contribution in [-0.4, -0.2) is 82.7 Å². The van der Waals surface area contributed by atoms with Crippen LogP contribution in [0, 0.1) is 0 Å². The van der Waals surface area contributed by atoms with Crippen LogP contribution in [-0.2, 0) is 33.4 Å². The molecule has 29 heavy (non-hydrogen) atoms. The lowest BCUT2D eigenvalue weighted by molar-refractivity contribution is -0.164. The first-order valence-corrected chi connectivity index (χ1v) is 8.75. The van der Waals surface area contributed by atoms with Crippen molar-refractivity contribution in [1.82, 2.24) is 0 Å². The third-order valence-electron chi connectivity index (χ3n) is 4.04. The second-order valence-corrected chi connectivity index (χ2v) is 6.61. The highest BCUT2D eigenvalue weighted by Gasteiger charge is 2.34. The maximum Gasteiger partial charge on any atom is 0.327 e. The number of carboxylic acids is 1. The molecule has 0 aromatic carbocycles. The van der Waals surface area contributed by atoms with Crippen molar-refractivity contribution in [3.05, 3.63) is 0 Å². The average molecular weight is 422 g/mol. The Balaban J connectivity index is 4.75. The van der Waals surface area contributed by atoms with E-state index in [9.17, 15) is 24.3 Å². The quantitative estimate of drug-likeness (QED) is 0.140. The molecule has 0 aromatic rings. The maximum atomic E-state index is 12.1. The van der Waals surface area contributed by atoms with Crippen LogP contribution < -0.4 is 22.9 Å². The molecule has 0 rings (SSSR count). The van der Waals surface area contributed by atoms with Crippen molar-refractivity contribution in [2.45, 2.75) is 76.3 Å². The molecule has 13 heteroatoms. The van der Waals surface area contributed by atoms with E-state index < -0.39 is 72.5 Å². The smallest absolute Gasteiger partial charge is 0.327 e. The lowest BCUT2D eigenvalue weighted by atomic mass is 10.1. The molecule has 0 aromatic heterocycles. The van der Waals surface area contributed by atoms with E-state index in [1.807, 2.05) is 0 Å². The number of rotatable bonds is 11. The van der Waals surface area contributed by atoms with Crippen LogP contribution in [0.15, 0.2) is 0 Å². The zero-order chi connectivity index (χ0) is 23.0. The van der Waals surface area contributed by atoms with Gasteiger partial charge in [0, 0.05) is 0 Å². The second-order valence-electron chi connectivity index (χ2n) is 6.61. The van der Waals surface area contributed by atoms with Gasteiger partial charge in [-0.3, -0.25) is 19.2 Å². The SMILES string of the molecule is C[C@@H](O)[C@H](N)C(=O)O[C@H](C)[C@H](N)C(=O)O[C@H](C)[C@H](N)C(=O)O[C@H](C)[C@H](N)C(=O)O. The molecule has 0 heterocycles. The van der Waals surface area contributed by atoms with Gasteiger partial charge >= 0.3 is 23.9 Å². The van der Waals surface area contributed by atoms with Crippen LogP contribution in [0.1, 0.15) is 27.7 Å². The third kappa shape index (κ3) is 8.29. The Hall–Kier alpha value is -2.32. The molecular weight excluding hydrogens is 392 g/mol. The molecule has 13 nitrogen and oxygen atoms in total. The van der Waals surface area contributed by atoms with E-state index in [4.69, 9.17) is 42.3 Å². The molecule has 8 atom stereocenters. The zero-order valence-electron chi connectivity index (χ0n) is 16.7. The highest BCUT2D eigenvalue weighted by Crippen LogP contribution is 2.08. The van der Waals surface area contributed by atoms with E-state index in [0.29, 0.717) is 0 Å². The van der Waals surface area contributed by atoms with Crippen molar-refractivity contribution in [2.24, 2.45) is 22.9 Å². The van der Waals surface area contributed by atoms with Gasteiger partial charge in [-0.25, -0.2) is 0 Å². The normalized spacial score (nSPS) is 19.5. The van der Waals surface area contributed by atoms with Crippen molar-refractivity contribution in [3.8, 4) is 0 Å². The van der Waals surface area contributed by atoms with Crippen LogP contribution in [0.4, 0.5) is 0 Å². The predicted molar refractivity (Wildman–Crippen MR) is 97.9 cm³/mol. The van der Waals surface area contributed by atoms with Crippen LogP contribution in [0.25, 0.3) is 0 Å². The van der Waals surface area contributed by atoms with E-state index in [1.54, 1.807) is 0 Å². The van der Waals surface area contributed by atoms with Gasteiger partial charge in [-0.2, -0.15) is 0 Å². The van der Waals surface area contributed by atoms with Gasteiger partial charge in [0.05, 0.1) is 6.10 Å². The molecule has 0 spiro atoms. The molecule has 0 aliphatic carbocycles. The Morgan fingerprint density at radius 2 is 0.897 bits per heavy atom. The number of carbonyl (C=O) groups is 4. The standard InChI is InChI=1S/C16H30N4O9/c1-5(21)9(17)14(24)28-7(3)11(19)16(26)29-8(4)12(20)15(25)27-6(2)10(18)13(22)23/h5-12,21H,17-20H2,1-4H3,(H,22,23)/t5-,6-,7-,8-,9+,10+,11+,12+/m1/s1. The van der Waals surface area contributed by atoms with Crippen LogP contribution in [0.5, 0.6) is 0 Å². The summed E-state index contributed by atoms with van der Waals surface area (Å²) in [5.41, 5.74) is 22.1. The van der Waals surface area contributed by atoms with E-state index in [2.05, 4.69) is 0 Å². The molecule has 0 bridgehead atoms. The zero-order valence-corrected chi connectivity index (χ0v) is 16.7. The van der Waals surface area contributed by atoms with Crippen LogP contribution in [0.3, 0.4) is 0 Å². The van der Waals surface area contributed by atoms with Crippen molar-refractivity contribution in [2.75, 3.05) is 0 Å². The van der Waals surface area contributed by atoms with Gasteiger partial charge < -0.3 is 47.4 Å². The summed E-state index contributed by atoms with van der Waals surface area (Å²) < 4.78 is 14.7. The minimum atomic E-state index is -1.46. The molecular formula is C16H30N4O9. The van der Waals surface area contributed by atoms with E-state index in [-0.39, 0.29) is 0 Å². The molecule has 0 saturated heterocycles. The average Bonchev–Trinajstić information content (AvgIpc) is 2.64. The minimum Gasteiger partial charge on any atom is -0.480 e. The van der Waals surface area contributed by atoms with Crippen molar-refractivity contribution < 1.29 is 43.6 Å². The molecule has 0 saturated carbocycles. The first-order valence-electron chi connectivity index (χ1n) is 8.75. The number of aliphatic hydroxyl groups is 1. The Bertz CT molecular complexity index is 601. The van der Waals surface area contributed by atoms with E-state index in [1.165, 1.54) is 27.7 Å². The number of esters is 3. The molecule has 0 aliphatic rings. The summed E-state index contributed by atoms with van der Waals surface area (Å²) in [6, 6.07) is -5.65. The second kappa shape index (κ2) is 11.6. The van der Waals surface area contributed by atoms with Gasteiger partial charge in [0.25, 0.3) is 0 Å². The highest BCUT2D eigenvalue weighted by atomic mass is 16.6. The molecule has 0 amide bonds. The lowest BCUT2D eigenvalue weighted by Gasteiger charge is -2.25. The minimum absolute atomic E-state index is 0.965. The van der Waals surface area contributed by atoms with E-state index >= 15 is 0 Å². The molecule has 168 valence electrons. The van der Waals surface area contributed by atoms with Gasteiger partial charge in [0.1, 0.15) is 42.5 Å². The van der Waals surface area contributed by atoms with Gasteiger partial charge in [-0.15, -0.1) is 0 Å². The summed E-state index contributed by atoms with van der Waals surface area (Å²) in [5, 5.41) is 18.0. The molecule has 10 N–H and O–H groups in total. The molecule has 0 unspecified atom stereocenters. The van der Waals surface area contributed by atoms with Gasteiger partial charge in [0.2, 0.25) is 0 Å². The van der Waals surface area contributed by atoms with E-state index in [0.717, 1.165) is 0 Å².